The summed E-state index contributed by atoms with van der Waals surface area (Å²) in [7, 11) is 0. The van der Waals surface area contributed by atoms with Gasteiger partial charge in [-0.1, -0.05) is 41.4 Å². The molecule has 0 radical (unpaired) electrons. The summed E-state index contributed by atoms with van der Waals surface area (Å²) in [5.41, 5.74) is 2.35. The third-order valence-electron chi connectivity index (χ3n) is 5.08. The van der Waals surface area contributed by atoms with Crippen LogP contribution in [-0.4, -0.2) is 17.9 Å². The van der Waals surface area contributed by atoms with Crippen LogP contribution in [-0.2, 0) is 11.3 Å². The molecule has 0 saturated heterocycles. The van der Waals surface area contributed by atoms with Gasteiger partial charge in [0.15, 0.2) is 0 Å². The van der Waals surface area contributed by atoms with E-state index < -0.39 is 11.9 Å². The van der Waals surface area contributed by atoms with Gasteiger partial charge >= 0.3 is 0 Å². The summed E-state index contributed by atoms with van der Waals surface area (Å²) in [5.74, 6) is -1.02. The highest BCUT2D eigenvalue weighted by molar-refractivity contribution is 6.42. The summed E-state index contributed by atoms with van der Waals surface area (Å²) < 4.78 is 13.3. The Morgan fingerprint density at radius 3 is 2.30 bits per heavy atom. The zero-order chi connectivity index (χ0) is 21.4. The zero-order valence-electron chi connectivity index (χ0n) is 16.0. The van der Waals surface area contributed by atoms with Gasteiger partial charge in [0.25, 0.3) is 5.91 Å². The number of halogens is 3. The number of anilines is 2. The quantitative estimate of drug-likeness (QED) is 0.520. The molecule has 1 heterocycles. The van der Waals surface area contributed by atoms with Crippen molar-refractivity contribution < 1.29 is 14.0 Å². The number of fused-ring (bicyclic) bond motifs is 1. The lowest BCUT2D eigenvalue weighted by Gasteiger charge is -2.40. The maximum Gasteiger partial charge on any atom is 0.259 e. The summed E-state index contributed by atoms with van der Waals surface area (Å²) in [6.07, 6.45) is 0. The molecule has 4 rings (SSSR count). The molecule has 0 spiro atoms. The summed E-state index contributed by atoms with van der Waals surface area (Å²) in [4.78, 5) is 29.5. The normalized spacial score (nSPS) is 15.9. The van der Waals surface area contributed by atoms with Gasteiger partial charge in [0.2, 0.25) is 5.91 Å². The first-order valence-corrected chi connectivity index (χ1v) is 10.1. The number of para-hydroxylation sites is 2. The summed E-state index contributed by atoms with van der Waals surface area (Å²) in [6.45, 7) is 1.97. The average Bonchev–Trinajstić information content (AvgIpc) is 2.74. The van der Waals surface area contributed by atoms with Crippen LogP contribution in [0.4, 0.5) is 15.8 Å². The molecular formula is C23H17Cl2FN2O2. The lowest BCUT2D eigenvalue weighted by molar-refractivity contribution is -0.119. The summed E-state index contributed by atoms with van der Waals surface area (Å²) in [5, 5.41) is 0.850. The second kappa shape index (κ2) is 8.09. The van der Waals surface area contributed by atoms with E-state index in [4.69, 9.17) is 23.2 Å². The molecule has 4 nitrogen and oxygen atoms in total. The third kappa shape index (κ3) is 3.66. The maximum atomic E-state index is 13.3. The maximum absolute atomic E-state index is 13.3. The molecule has 1 aliphatic heterocycles. The van der Waals surface area contributed by atoms with Crippen LogP contribution >= 0.6 is 23.2 Å². The van der Waals surface area contributed by atoms with Crippen molar-refractivity contribution in [2.45, 2.75) is 19.5 Å². The molecule has 3 aromatic carbocycles. The first-order chi connectivity index (χ1) is 14.4. The van der Waals surface area contributed by atoms with Crippen LogP contribution in [0.1, 0.15) is 22.8 Å². The van der Waals surface area contributed by atoms with Crippen molar-refractivity contribution in [1.82, 2.24) is 0 Å². The molecule has 7 heteroatoms. The lowest BCUT2D eigenvalue weighted by atomic mass is 10.0. The molecule has 0 N–H and O–H groups in total. The fourth-order valence-electron chi connectivity index (χ4n) is 3.56. The minimum atomic E-state index is -0.736. The minimum absolute atomic E-state index is 0.227. The van der Waals surface area contributed by atoms with Crippen LogP contribution in [0.5, 0.6) is 0 Å². The number of nitrogens with zero attached hydrogens (tertiary/aromatic N) is 2. The topological polar surface area (TPSA) is 40.6 Å². The van der Waals surface area contributed by atoms with Crippen molar-refractivity contribution in [2.75, 3.05) is 9.80 Å². The third-order valence-corrected chi connectivity index (χ3v) is 5.82. The molecule has 0 aliphatic carbocycles. The van der Waals surface area contributed by atoms with Gasteiger partial charge in [-0.3, -0.25) is 14.5 Å². The van der Waals surface area contributed by atoms with Crippen LogP contribution in [0, 0.1) is 5.82 Å². The second-order valence-corrected chi connectivity index (χ2v) is 7.83. The highest BCUT2D eigenvalue weighted by Gasteiger charge is 2.38. The van der Waals surface area contributed by atoms with Crippen LogP contribution in [0.2, 0.25) is 10.0 Å². The van der Waals surface area contributed by atoms with Crippen molar-refractivity contribution in [1.29, 1.82) is 0 Å². The van der Waals surface area contributed by atoms with E-state index in [0.29, 0.717) is 27.0 Å². The molecule has 0 aromatic heterocycles. The number of amides is 2. The van der Waals surface area contributed by atoms with Crippen molar-refractivity contribution >= 4 is 46.4 Å². The zero-order valence-corrected chi connectivity index (χ0v) is 17.5. The van der Waals surface area contributed by atoms with E-state index >= 15 is 0 Å². The Balaban J connectivity index is 1.73. The van der Waals surface area contributed by atoms with Gasteiger partial charge in [-0.05, 0) is 61.0 Å². The first kappa shape index (κ1) is 20.4. The highest BCUT2D eigenvalue weighted by Crippen LogP contribution is 2.38. The standard InChI is InChI=1S/C23H17Cl2FN2O2/c1-14-22(29)27(13-15-6-11-18(24)19(25)12-15)20-4-2-3-5-21(20)28(14)23(30)16-7-9-17(26)10-8-16/h2-12,14H,13H2,1H3/t14-/m1/s1. The van der Waals surface area contributed by atoms with Crippen molar-refractivity contribution in [3.05, 3.63) is 93.7 Å². The molecule has 30 heavy (non-hydrogen) atoms. The van der Waals surface area contributed by atoms with Crippen LogP contribution in [0.15, 0.2) is 66.7 Å². The largest absolute Gasteiger partial charge is 0.304 e. The van der Waals surface area contributed by atoms with E-state index in [1.54, 1.807) is 36.1 Å². The minimum Gasteiger partial charge on any atom is -0.304 e. The molecule has 0 saturated carbocycles. The van der Waals surface area contributed by atoms with E-state index in [2.05, 4.69) is 0 Å². The van der Waals surface area contributed by atoms with E-state index in [-0.39, 0.29) is 18.4 Å². The van der Waals surface area contributed by atoms with E-state index in [0.717, 1.165) is 5.56 Å². The molecule has 3 aromatic rings. The highest BCUT2D eigenvalue weighted by atomic mass is 35.5. The second-order valence-electron chi connectivity index (χ2n) is 7.02. The number of hydrogen-bond donors (Lipinski definition) is 0. The van der Waals surface area contributed by atoms with Crippen molar-refractivity contribution in [2.24, 2.45) is 0 Å². The Bertz CT molecular complexity index is 1130. The van der Waals surface area contributed by atoms with Gasteiger partial charge in [-0.25, -0.2) is 4.39 Å². The smallest absolute Gasteiger partial charge is 0.259 e. The van der Waals surface area contributed by atoms with Gasteiger partial charge in [0, 0.05) is 5.56 Å². The predicted molar refractivity (Wildman–Crippen MR) is 117 cm³/mol. The SMILES string of the molecule is C[C@@H]1C(=O)N(Cc2ccc(Cl)c(Cl)c2)c2ccccc2N1C(=O)c1ccc(F)cc1. The molecule has 0 bridgehead atoms. The van der Waals surface area contributed by atoms with E-state index in [9.17, 15) is 14.0 Å². The van der Waals surface area contributed by atoms with Gasteiger partial charge in [-0.15, -0.1) is 0 Å². The Morgan fingerprint density at radius 1 is 0.967 bits per heavy atom. The van der Waals surface area contributed by atoms with Crippen LogP contribution in [0.25, 0.3) is 0 Å². The van der Waals surface area contributed by atoms with Gasteiger partial charge in [0.05, 0.1) is 28.0 Å². The predicted octanol–water partition coefficient (Wildman–Crippen LogP) is 5.71. The monoisotopic (exact) mass is 442 g/mol. The van der Waals surface area contributed by atoms with Crippen LogP contribution in [0.3, 0.4) is 0 Å². The van der Waals surface area contributed by atoms with Crippen LogP contribution < -0.4 is 9.80 Å². The fourth-order valence-corrected chi connectivity index (χ4v) is 3.88. The molecule has 152 valence electrons. The average molecular weight is 443 g/mol. The number of benzene rings is 3. The first-order valence-electron chi connectivity index (χ1n) is 9.30. The van der Waals surface area contributed by atoms with E-state index in [1.807, 2.05) is 18.2 Å². The van der Waals surface area contributed by atoms with Gasteiger partial charge in [-0.2, -0.15) is 0 Å². The summed E-state index contributed by atoms with van der Waals surface area (Å²) in [6, 6.07) is 17.0. The molecule has 1 atom stereocenters. The van der Waals surface area contributed by atoms with Gasteiger partial charge in [0.1, 0.15) is 11.9 Å². The number of hydrogen-bond acceptors (Lipinski definition) is 2. The number of carbonyl (C=O) groups is 2. The lowest BCUT2D eigenvalue weighted by Crippen LogP contribution is -2.54. The van der Waals surface area contributed by atoms with Crippen molar-refractivity contribution in [3.8, 4) is 0 Å². The molecule has 0 unspecified atom stereocenters. The number of carbonyl (C=O) groups excluding carboxylic acids is 2. The fraction of sp³-hybridized carbons (Fsp3) is 0.130. The molecule has 2 amide bonds. The Kier molecular flexibility index (Phi) is 5.50. The summed E-state index contributed by atoms with van der Waals surface area (Å²) >= 11 is 12.1. The van der Waals surface area contributed by atoms with Gasteiger partial charge < -0.3 is 4.90 Å². The van der Waals surface area contributed by atoms with Crippen molar-refractivity contribution in [3.63, 3.8) is 0 Å². The Morgan fingerprint density at radius 2 is 1.63 bits per heavy atom. The number of rotatable bonds is 3. The van der Waals surface area contributed by atoms with E-state index in [1.165, 1.54) is 29.2 Å². The molecule has 1 aliphatic rings. The Labute approximate surface area is 183 Å². The Hall–Kier alpha value is -2.89. The molecule has 0 fully saturated rings. The molecular weight excluding hydrogens is 426 g/mol.